The van der Waals surface area contributed by atoms with Crippen LogP contribution in [0.15, 0.2) is 0 Å². The molecule has 4 heteroatoms. The van der Waals surface area contributed by atoms with Crippen LogP contribution in [0.1, 0.15) is 0 Å². The van der Waals surface area contributed by atoms with Gasteiger partial charge in [-0.1, -0.05) is 0 Å². The summed E-state index contributed by atoms with van der Waals surface area (Å²) in [6, 6.07) is 0. The maximum absolute atomic E-state index is 0. The minimum absolute atomic E-state index is 0. The Balaban J connectivity index is 0. The zero-order valence-corrected chi connectivity index (χ0v) is 11.0. The van der Waals surface area contributed by atoms with E-state index in [2.05, 4.69) is 0 Å². The summed E-state index contributed by atoms with van der Waals surface area (Å²) in [5.41, 5.74) is 0. The molecule has 0 fully saturated rings. The van der Waals surface area contributed by atoms with E-state index in [1.54, 1.807) is 0 Å². The molecule has 0 aliphatic heterocycles. The molecule has 0 aliphatic rings. The van der Waals surface area contributed by atoms with Crippen LogP contribution in [0.4, 0.5) is 0 Å². The summed E-state index contributed by atoms with van der Waals surface area (Å²) in [7, 11) is 0. The number of rotatable bonds is 0. The molecule has 0 aromatic rings. The number of halogens is 3. The standard InChI is InChI=1S/Ba.3BrH/h;3*1H/q+2;;;/p-3. The van der Waals surface area contributed by atoms with Crippen LogP contribution in [0.3, 0.4) is 0 Å². The van der Waals surface area contributed by atoms with Crippen molar-refractivity contribution in [1.82, 2.24) is 0 Å². The molecule has 0 N–H and O–H groups in total. The molecule has 0 rings (SSSR count). The van der Waals surface area contributed by atoms with E-state index in [9.17, 15) is 0 Å². The van der Waals surface area contributed by atoms with E-state index in [4.69, 9.17) is 0 Å². The molecule has 0 saturated carbocycles. The first kappa shape index (κ1) is 27.9. The first-order chi connectivity index (χ1) is 0. The van der Waals surface area contributed by atoms with Gasteiger partial charge in [0, 0.05) is 0 Å². The molecule has 0 heterocycles. The molecule has 0 aromatic heterocycles. The van der Waals surface area contributed by atoms with Crippen molar-refractivity contribution in [3.63, 3.8) is 0 Å². The normalized spacial score (nSPS) is 0. The third-order valence-corrected chi connectivity index (χ3v) is 0. The summed E-state index contributed by atoms with van der Waals surface area (Å²) in [6.07, 6.45) is 0. The Morgan fingerprint density at radius 2 is 0.500 bits per heavy atom. The summed E-state index contributed by atoms with van der Waals surface area (Å²) < 4.78 is 0. The van der Waals surface area contributed by atoms with Gasteiger partial charge in [-0.3, -0.25) is 0 Å². The van der Waals surface area contributed by atoms with Gasteiger partial charge in [-0.15, -0.1) is 0 Å². The smallest absolute Gasteiger partial charge is 1.00 e. The largest absolute Gasteiger partial charge is 2.00 e. The SMILES string of the molecule is [Ba+2].[Br-].[Br-].[Br-]. The van der Waals surface area contributed by atoms with Gasteiger partial charge in [-0.25, -0.2) is 0 Å². The fraction of sp³-hybridized carbons (Fsp3) is 0. The monoisotopic (exact) mass is 375 g/mol. The molecule has 24 valence electrons. The Morgan fingerprint density at radius 3 is 0.500 bits per heavy atom. The van der Waals surface area contributed by atoms with Crippen LogP contribution in [0.2, 0.25) is 0 Å². The van der Waals surface area contributed by atoms with Crippen LogP contribution in [0.25, 0.3) is 0 Å². The van der Waals surface area contributed by atoms with Crippen LogP contribution in [0, 0.1) is 0 Å². The maximum atomic E-state index is 0. The van der Waals surface area contributed by atoms with E-state index in [-0.39, 0.29) is 99.8 Å². The predicted molar refractivity (Wildman–Crippen MR) is 5.75 cm³/mol. The van der Waals surface area contributed by atoms with Crippen molar-refractivity contribution in [3.8, 4) is 0 Å². The molecule has 0 nitrogen and oxygen atoms in total. The second kappa shape index (κ2) is 16.6. The van der Waals surface area contributed by atoms with Crippen molar-refractivity contribution in [1.29, 1.82) is 0 Å². The van der Waals surface area contributed by atoms with Crippen molar-refractivity contribution < 1.29 is 50.9 Å². The molecule has 0 aromatic carbocycles. The number of hydrogen-bond donors (Lipinski definition) is 0. The second-order valence-electron chi connectivity index (χ2n) is 0. The van der Waals surface area contributed by atoms with Crippen molar-refractivity contribution in [2.24, 2.45) is 0 Å². The van der Waals surface area contributed by atoms with E-state index in [0.29, 0.717) is 0 Å². The fourth-order valence-electron chi connectivity index (χ4n) is 0. The molecular formula is BaBr3-. The molecular weight excluding hydrogens is 377 g/mol. The van der Waals surface area contributed by atoms with E-state index in [1.807, 2.05) is 0 Å². The summed E-state index contributed by atoms with van der Waals surface area (Å²) in [5, 5.41) is 0. The van der Waals surface area contributed by atoms with Crippen LogP contribution < -0.4 is 50.9 Å². The minimum Gasteiger partial charge on any atom is -1.00 e. The molecule has 0 bridgehead atoms. The van der Waals surface area contributed by atoms with Crippen molar-refractivity contribution in [2.75, 3.05) is 0 Å². The molecule has 0 amide bonds. The van der Waals surface area contributed by atoms with Gasteiger partial charge in [0.15, 0.2) is 0 Å². The Morgan fingerprint density at radius 1 is 0.500 bits per heavy atom. The predicted octanol–water partition coefficient (Wildman–Crippen LogP) is -9.37. The summed E-state index contributed by atoms with van der Waals surface area (Å²) in [6.45, 7) is 0. The molecule has 0 saturated heterocycles. The van der Waals surface area contributed by atoms with Crippen LogP contribution >= 0.6 is 0 Å². The third kappa shape index (κ3) is 8.89. The Kier molecular flexibility index (Phi) is 116. The quantitative estimate of drug-likeness (QED) is 0.368. The van der Waals surface area contributed by atoms with Crippen LogP contribution in [-0.4, -0.2) is 48.9 Å². The molecule has 4 heavy (non-hydrogen) atoms. The molecule has 0 radical (unpaired) electrons. The van der Waals surface area contributed by atoms with Crippen LogP contribution in [-0.2, 0) is 0 Å². The second-order valence-corrected chi connectivity index (χ2v) is 0. The maximum Gasteiger partial charge on any atom is 2.00 e. The molecule has 0 atom stereocenters. The Labute approximate surface area is 97.5 Å². The number of hydrogen-bond acceptors (Lipinski definition) is 0. The van der Waals surface area contributed by atoms with Gasteiger partial charge in [0.1, 0.15) is 0 Å². The first-order valence-corrected chi connectivity index (χ1v) is 0. The van der Waals surface area contributed by atoms with Gasteiger partial charge >= 0.3 is 48.9 Å². The molecule has 0 aliphatic carbocycles. The topological polar surface area (TPSA) is 0 Å². The van der Waals surface area contributed by atoms with Gasteiger partial charge in [0.05, 0.1) is 0 Å². The average Bonchev–Trinajstić information content (AvgIpc) is 0. The van der Waals surface area contributed by atoms with E-state index in [1.165, 1.54) is 0 Å². The average molecular weight is 377 g/mol. The molecule has 0 spiro atoms. The van der Waals surface area contributed by atoms with Crippen molar-refractivity contribution in [3.05, 3.63) is 0 Å². The van der Waals surface area contributed by atoms with Crippen molar-refractivity contribution >= 4 is 48.9 Å². The van der Waals surface area contributed by atoms with Gasteiger partial charge in [0.25, 0.3) is 0 Å². The van der Waals surface area contributed by atoms with E-state index < -0.39 is 0 Å². The van der Waals surface area contributed by atoms with Gasteiger partial charge in [-0.05, 0) is 0 Å². The summed E-state index contributed by atoms with van der Waals surface area (Å²) in [4.78, 5) is 0. The van der Waals surface area contributed by atoms with Gasteiger partial charge in [-0.2, -0.15) is 0 Å². The zero-order valence-electron chi connectivity index (χ0n) is 1.84. The minimum atomic E-state index is 0. The third-order valence-electron chi connectivity index (χ3n) is 0. The van der Waals surface area contributed by atoms with E-state index >= 15 is 0 Å². The fourth-order valence-corrected chi connectivity index (χ4v) is 0. The van der Waals surface area contributed by atoms with Crippen LogP contribution in [0.5, 0.6) is 0 Å². The Bertz CT molecular complexity index is 3.25. The van der Waals surface area contributed by atoms with Gasteiger partial charge in [0.2, 0.25) is 0 Å². The Hall–Kier alpha value is 3.01. The summed E-state index contributed by atoms with van der Waals surface area (Å²) in [5.74, 6) is 0. The zero-order chi connectivity index (χ0) is 0. The summed E-state index contributed by atoms with van der Waals surface area (Å²) >= 11 is 0. The van der Waals surface area contributed by atoms with E-state index in [0.717, 1.165) is 0 Å². The van der Waals surface area contributed by atoms with Crippen molar-refractivity contribution in [2.45, 2.75) is 0 Å². The first-order valence-electron chi connectivity index (χ1n) is 0. The molecule has 0 unspecified atom stereocenters. The van der Waals surface area contributed by atoms with Gasteiger partial charge < -0.3 is 50.9 Å².